The maximum Gasteiger partial charge on any atom is 0.238 e. The van der Waals surface area contributed by atoms with Crippen LogP contribution in [0.3, 0.4) is 0 Å². The first kappa shape index (κ1) is 14.6. The lowest BCUT2D eigenvalue weighted by Gasteiger charge is -2.18. The van der Waals surface area contributed by atoms with Crippen LogP contribution in [0.2, 0.25) is 0 Å². The molecule has 0 radical (unpaired) electrons. The van der Waals surface area contributed by atoms with Gasteiger partial charge < -0.3 is 16.2 Å². The Labute approximate surface area is 108 Å². The van der Waals surface area contributed by atoms with Crippen molar-refractivity contribution in [2.75, 3.05) is 31.6 Å². The molecule has 0 saturated heterocycles. The molecule has 0 unspecified atom stereocenters. The molecule has 1 rings (SSSR count). The van der Waals surface area contributed by atoms with Gasteiger partial charge in [-0.1, -0.05) is 19.1 Å². The summed E-state index contributed by atoms with van der Waals surface area (Å²) < 4.78 is 0. The molecule has 0 aliphatic rings. The molecule has 1 aromatic rings. The Hall–Kier alpha value is -1.43. The number of hydrogen-bond acceptors (Lipinski definition) is 4. The van der Waals surface area contributed by atoms with E-state index in [9.17, 15) is 4.79 Å². The number of nitrogens with one attached hydrogen (secondary N) is 1. The Morgan fingerprint density at radius 1 is 1.39 bits per heavy atom. The van der Waals surface area contributed by atoms with E-state index in [1.54, 1.807) is 0 Å². The zero-order valence-electron chi connectivity index (χ0n) is 10.7. The standard InChI is InChI=1S/C13H21N3O2/c1-2-16(7-8-17)10-13(18)15-12-5-3-11(9-14)4-6-12/h3-6,17H,2,7-10,14H2,1H3,(H,15,18). The number of carbonyl (C=O) groups is 1. The smallest absolute Gasteiger partial charge is 0.238 e. The molecule has 4 N–H and O–H groups in total. The predicted octanol–water partition coefficient (Wildman–Crippen LogP) is 0.398. The average Bonchev–Trinajstić information content (AvgIpc) is 2.39. The molecule has 0 atom stereocenters. The summed E-state index contributed by atoms with van der Waals surface area (Å²) in [4.78, 5) is 13.6. The van der Waals surface area contributed by atoms with E-state index >= 15 is 0 Å². The van der Waals surface area contributed by atoms with Crippen molar-refractivity contribution >= 4 is 11.6 Å². The Morgan fingerprint density at radius 3 is 2.56 bits per heavy atom. The van der Waals surface area contributed by atoms with Crippen molar-refractivity contribution in [2.24, 2.45) is 5.73 Å². The van der Waals surface area contributed by atoms with Crippen LogP contribution in [-0.4, -0.2) is 42.2 Å². The molecule has 1 amide bonds. The van der Waals surface area contributed by atoms with Gasteiger partial charge >= 0.3 is 0 Å². The van der Waals surface area contributed by atoms with Gasteiger partial charge in [-0.2, -0.15) is 0 Å². The molecule has 0 aliphatic carbocycles. The van der Waals surface area contributed by atoms with Crippen LogP contribution >= 0.6 is 0 Å². The first-order chi connectivity index (χ1) is 8.69. The highest BCUT2D eigenvalue weighted by atomic mass is 16.3. The van der Waals surface area contributed by atoms with Crippen molar-refractivity contribution in [3.63, 3.8) is 0 Å². The van der Waals surface area contributed by atoms with Gasteiger partial charge in [0.05, 0.1) is 13.2 Å². The van der Waals surface area contributed by atoms with Gasteiger partial charge in [-0.15, -0.1) is 0 Å². The van der Waals surface area contributed by atoms with E-state index in [1.807, 2.05) is 36.1 Å². The average molecular weight is 251 g/mol. The van der Waals surface area contributed by atoms with E-state index in [0.717, 1.165) is 17.8 Å². The fourth-order valence-electron chi connectivity index (χ4n) is 1.62. The van der Waals surface area contributed by atoms with Crippen molar-refractivity contribution in [1.29, 1.82) is 0 Å². The second-order valence-corrected chi connectivity index (χ2v) is 4.04. The highest BCUT2D eigenvalue weighted by molar-refractivity contribution is 5.92. The summed E-state index contributed by atoms with van der Waals surface area (Å²) in [5, 5.41) is 11.7. The molecular weight excluding hydrogens is 230 g/mol. The molecule has 0 saturated carbocycles. The van der Waals surface area contributed by atoms with E-state index in [1.165, 1.54) is 0 Å². The summed E-state index contributed by atoms with van der Waals surface area (Å²) >= 11 is 0. The molecule has 0 aliphatic heterocycles. The van der Waals surface area contributed by atoms with Crippen molar-refractivity contribution in [3.05, 3.63) is 29.8 Å². The Kier molecular flexibility index (Phi) is 6.35. The largest absolute Gasteiger partial charge is 0.395 e. The molecule has 0 bridgehead atoms. The third-order valence-corrected chi connectivity index (χ3v) is 2.70. The van der Waals surface area contributed by atoms with Crippen LogP contribution in [0.25, 0.3) is 0 Å². The summed E-state index contributed by atoms with van der Waals surface area (Å²) in [6.45, 7) is 4.05. The van der Waals surface area contributed by atoms with E-state index in [4.69, 9.17) is 10.8 Å². The molecular formula is C13H21N3O2. The molecule has 1 aromatic carbocycles. The number of amides is 1. The van der Waals surface area contributed by atoms with E-state index in [0.29, 0.717) is 13.1 Å². The van der Waals surface area contributed by atoms with Crippen LogP contribution in [0.15, 0.2) is 24.3 Å². The maximum atomic E-state index is 11.8. The van der Waals surface area contributed by atoms with Crippen LogP contribution in [0.5, 0.6) is 0 Å². The van der Waals surface area contributed by atoms with Crippen molar-refractivity contribution in [1.82, 2.24) is 4.90 Å². The molecule has 5 nitrogen and oxygen atoms in total. The van der Waals surface area contributed by atoms with Crippen LogP contribution < -0.4 is 11.1 Å². The van der Waals surface area contributed by atoms with Gasteiger partial charge in [0.25, 0.3) is 0 Å². The maximum absolute atomic E-state index is 11.8. The summed E-state index contributed by atoms with van der Waals surface area (Å²) in [6, 6.07) is 7.45. The number of anilines is 1. The van der Waals surface area contributed by atoms with Crippen molar-refractivity contribution in [2.45, 2.75) is 13.5 Å². The molecule has 0 fully saturated rings. The molecule has 100 valence electrons. The highest BCUT2D eigenvalue weighted by Gasteiger charge is 2.08. The number of aliphatic hydroxyl groups excluding tert-OH is 1. The minimum Gasteiger partial charge on any atom is -0.395 e. The van der Waals surface area contributed by atoms with Gasteiger partial charge in [-0.05, 0) is 24.2 Å². The van der Waals surface area contributed by atoms with Crippen LogP contribution in [-0.2, 0) is 11.3 Å². The minimum atomic E-state index is -0.0780. The number of hydrogen-bond donors (Lipinski definition) is 3. The monoisotopic (exact) mass is 251 g/mol. The van der Waals surface area contributed by atoms with E-state index in [-0.39, 0.29) is 19.1 Å². The number of rotatable bonds is 7. The quantitative estimate of drug-likeness (QED) is 0.655. The molecule has 18 heavy (non-hydrogen) atoms. The number of benzene rings is 1. The zero-order valence-corrected chi connectivity index (χ0v) is 10.7. The lowest BCUT2D eigenvalue weighted by Crippen LogP contribution is -2.35. The third-order valence-electron chi connectivity index (χ3n) is 2.70. The highest BCUT2D eigenvalue weighted by Crippen LogP contribution is 2.08. The van der Waals surface area contributed by atoms with Gasteiger partial charge in [0.1, 0.15) is 0 Å². The van der Waals surface area contributed by atoms with Gasteiger partial charge in [0.15, 0.2) is 0 Å². The van der Waals surface area contributed by atoms with Crippen LogP contribution in [0.1, 0.15) is 12.5 Å². The predicted molar refractivity (Wildman–Crippen MR) is 72.2 cm³/mol. The fraction of sp³-hybridized carbons (Fsp3) is 0.462. The van der Waals surface area contributed by atoms with E-state index < -0.39 is 0 Å². The van der Waals surface area contributed by atoms with E-state index in [2.05, 4.69) is 5.32 Å². The molecule has 0 heterocycles. The number of carbonyl (C=O) groups excluding carboxylic acids is 1. The summed E-state index contributed by atoms with van der Waals surface area (Å²) in [6.07, 6.45) is 0. The van der Waals surface area contributed by atoms with Gasteiger partial charge in [0.2, 0.25) is 5.91 Å². The lowest BCUT2D eigenvalue weighted by molar-refractivity contribution is -0.117. The zero-order chi connectivity index (χ0) is 13.4. The number of nitrogens with zero attached hydrogens (tertiary/aromatic N) is 1. The first-order valence-electron chi connectivity index (χ1n) is 6.11. The summed E-state index contributed by atoms with van der Waals surface area (Å²) in [7, 11) is 0. The molecule has 0 spiro atoms. The second kappa shape index (κ2) is 7.81. The van der Waals surface area contributed by atoms with Crippen molar-refractivity contribution in [3.8, 4) is 0 Å². The Balaban J connectivity index is 2.47. The SMILES string of the molecule is CCN(CCO)CC(=O)Nc1ccc(CN)cc1. The molecule has 0 aromatic heterocycles. The van der Waals surface area contributed by atoms with Crippen LogP contribution in [0, 0.1) is 0 Å². The lowest BCUT2D eigenvalue weighted by atomic mass is 10.2. The normalized spacial score (nSPS) is 10.7. The molecule has 5 heteroatoms. The number of aliphatic hydroxyl groups is 1. The van der Waals surface area contributed by atoms with Crippen LogP contribution in [0.4, 0.5) is 5.69 Å². The van der Waals surface area contributed by atoms with Crippen molar-refractivity contribution < 1.29 is 9.90 Å². The van der Waals surface area contributed by atoms with Gasteiger partial charge in [-0.3, -0.25) is 9.69 Å². The minimum absolute atomic E-state index is 0.0618. The first-order valence-corrected chi connectivity index (χ1v) is 6.11. The number of nitrogens with two attached hydrogens (primary N) is 1. The topological polar surface area (TPSA) is 78.6 Å². The Morgan fingerprint density at radius 2 is 2.06 bits per heavy atom. The van der Waals surface area contributed by atoms with Gasteiger partial charge in [-0.25, -0.2) is 0 Å². The summed E-state index contributed by atoms with van der Waals surface area (Å²) in [5.74, 6) is -0.0780. The second-order valence-electron chi connectivity index (χ2n) is 4.04. The fourth-order valence-corrected chi connectivity index (χ4v) is 1.62. The third kappa shape index (κ3) is 4.83. The summed E-state index contributed by atoms with van der Waals surface area (Å²) in [5.41, 5.74) is 7.29. The number of likely N-dealkylation sites (N-methyl/N-ethyl adjacent to an activating group) is 1. The Bertz CT molecular complexity index is 365. The van der Waals surface area contributed by atoms with Gasteiger partial charge in [0, 0.05) is 18.8 Å².